The van der Waals surface area contributed by atoms with Gasteiger partial charge in [-0.3, -0.25) is 4.79 Å². The number of benzene rings is 2. The molecule has 0 amide bonds. The minimum atomic E-state index is -0.0526. The van der Waals surface area contributed by atoms with Gasteiger partial charge in [0.1, 0.15) is 5.75 Å². The van der Waals surface area contributed by atoms with E-state index in [1.807, 2.05) is 43.3 Å². The minimum absolute atomic E-state index is 0.0526. The number of rotatable bonds is 6. The first-order valence-corrected chi connectivity index (χ1v) is 8.69. The van der Waals surface area contributed by atoms with Gasteiger partial charge < -0.3 is 15.0 Å². The first-order chi connectivity index (χ1) is 12.1. The Balaban J connectivity index is 1.80. The zero-order valence-corrected chi connectivity index (χ0v) is 14.9. The number of aromatic nitrogens is 1. The third-order valence-electron chi connectivity index (χ3n) is 4.26. The number of anilines is 1. The number of H-pyrrole nitrogens is 1. The van der Waals surface area contributed by atoms with Crippen molar-refractivity contribution in [1.29, 1.82) is 0 Å². The fourth-order valence-corrected chi connectivity index (χ4v) is 2.79. The first kappa shape index (κ1) is 17.1. The SMILES string of the molecule is CCOc1ccc(NCc2cc3cc(C(C)C)ccc3[nH]c2=O)cc1. The number of hydrogen-bond donors (Lipinski definition) is 2. The molecule has 0 radical (unpaired) electrons. The van der Waals surface area contributed by atoms with Gasteiger partial charge in [-0.2, -0.15) is 0 Å². The Labute approximate surface area is 147 Å². The van der Waals surface area contributed by atoms with Crippen molar-refractivity contribution in [2.24, 2.45) is 0 Å². The molecular weight excluding hydrogens is 312 g/mol. The zero-order chi connectivity index (χ0) is 17.8. The molecule has 3 rings (SSSR count). The van der Waals surface area contributed by atoms with Crippen molar-refractivity contribution < 1.29 is 4.74 Å². The van der Waals surface area contributed by atoms with Crippen LogP contribution in [0.15, 0.2) is 53.3 Å². The lowest BCUT2D eigenvalue weighted by molar-refractivity contribution is 0.340. The first-order valence-electron chi connectivity index (χ1n) is 8.69. The summed E-state index contributed by atoms with van der Waals surface area (Å²) in [5, 5.41) is 4.36. The molecule has 1 aromatic heterocycles. The lowest BCUT2D eigenvalue weighted by atomic mass is 10.0. The van der Waals surface area contributed by atoms with Gasteiger partial charge in [0.2, 0.25) is 0 Å². The molecule has 0 bridgehead atoms. The Kier molecular flexibility index (Phi) is 5.08. The minimum Gasteiger partial charge on any atom is -0.494 e. The van der Waals surface area contributed by atoms with Crippen molar-refractivity contribution in [3.8, 4) is 5.75 Å². The van der Waals surface area contributed by atoms with Crippen LogP contribution in [0.3, 0.4) is 0 Å². The quantitative estimate of drug-likeness (QED) is 0.688. The molecule has 0 aliphatic carbocycles. The van der Waals surface area contributed by atoms with Crippen molar-refractivity contribution in [3.05, 3.63) is 70.0 Å². The maximum atomic E-state index is 12.3. The van der Waals surface area contributed by atoms with Gasteiger partial charge in [-0.15, -0.1) is 0 Å². The molecule has 3 aromatic rings. The molecule has 0 atom stereocenters. The summed E-state index contributed by atoms with van der Waals surface area (Å²) >= 11 is 0. The molecule has 0 aliphatic heterocycles. The Morgan fingerprint density at radius 1 is 1.08 bits per heavy atom. The molecule has 0 fully saturated rings. The third kappa shape index (κ3) is 4.02. The number of hydrogen-bond acceptors (Lipinski definition) is 3. The standard InChI is InChI=1S/C21H24N2O2/c1-4-25-19-8-6-18(7-9-19)22-13-17-12-16-11-15(14(2)3)5-10-20(16)23-21(17)24/h5-12,14,22H,4,13H2,1-3H3,(H,23,24). The van der Waals surface area contributed by atoms with Gasteiger partial charge in [0.25, 0.3) is 5.56 Å². The summed E-state index contributed by atoms with van der Waals surface area (Å²) in [5.74, 6) is 1.31. The van der Waals surface area contributed by atoms with Crippen LogP contribution in [0.4, 0.5) is 5.69 Å². The van der Waals surface area contributed by atoms with Gasteiger partial charge in [-0.25, -0.2) is 0 Å². The van der Waals surface area contributed by atoms with Crippen molar-refractivity contribution >= 4 is 16.6 Å². The van der Waals surface area contributed by atoms with Crippen LogP contribution >= 0.6 is 0 Å². The molecule has 1 heterocycles. The molecule has 0 saturated heterocycles. The highest BCUT2D eigenvalue weighted by Gasteiger charge is 2.06. The van der Waals surface area contributed by atoms with E-state index in [1.165, 1.54) is 5.56 Å². The number of aromatic amines is 1. The van der Waals surface area contributed by atoms with Gasteiger partial charge in [-0.1, -0.05) is 19.9 Å². The van der Waals surface area contributed by atoms with Crippen molar-refractivity contribution in [1.82, 2.24) is 4.98 Å². The van der Waals surface area contributed by atoms with Crippen LogP contribution in [0.5, 0.6) is 5.75 Å². The van der Waals surface area contributed by atoms with Crippen LogP contribution in [-0.2, 0) is 6.54 Å². The van der Waals surface area contributed by atoms with E-state index in [1.54, 1.807) is 0 Å². The van der Waals surface area contributed by atoms with Crippen LogP contribution in [-0.4, -0.2) is 11.6 Å². The van der Waals surface area contributed by atoms with E-state index in [0.717, 1.165) is 27.9 Å². The van der Waals surface area contributed by atoms with Crippen molar-refractivity contribution in [3.63, 3.8) is 0 Å². The number of nitrogens with one attached hydrogen (secondary N) is 2. The van der Waals surface area contributed by atoms with Crippen molar-refractivity contribution in [2.75, 3.05) is 11.9 Å². The monoisotopic (exact) mass is 336 g/mol. The van der Waals surface area contributed by atoms with Gasteiger partial charge in [-0.05, 0) is 66.3 Å². The largest absolute Gasteiger partial charge is 0.494 e. The topological polar surface area (TPSA) is 54.1 Å². The summed E-state index contributed by atoms with van der Waals surface area (Å²) in [6, 6.07) is 15.9. The van der Waals surface area contributed by atoms with E-state index in [2.05, 4.69) is 36.3 Å². The third-order valence-corrected chi connectivity index (χ3v) is 4.26. The predicted molar refractivity (Wildman–Crippen MR) is 104 cm³/mol. The van der Waals surface area contributed by atoms with Crippen LogP contribution in [0, 0.1) is 0 Å². The molecular formula is C21H24N2O2. The second kappa shape index (κ2) is 7.43. The van der Waals surface area contributed by atoms with Crippen LogP contribution in [0.1, 0.15) is 37.8 Å². The number of pyridine rings is 1. The smallest absolute Gasteiger partial charge is 0.253 e. The summed E-state index contributed by atoms with van der Waals surface area (Å²) in [5.41, 5.74) is 3.77. The van der Waals surface area contributed by atoms with Crippen LogP contribution < -0.4 is 15.6 Å². The van der Waals surface area contributed by atoms with E-state index in [0.29, 0.717) is 19.1 Å². The Morgan fingerprint density at radius 3 is 2.52 bits per heavy atom. The lowest BCUT2D eigenvalue weighted by Gasteiger charge is -2.10. The summed E-state index contributed by atoms with van der Waals surface area (Å²) in [7, 11) is 0. The predicted octanol–water partition coefficient (Wildman–Crippen LogP) is 4.66. The van der Waals surface area contributed by atoms with E-state index in [9.17, 15) is 4.79 Å². The van der Waals surface area contributed by atoms with Gasteiger partial charge >= 0.3 is 0 Å². The number of fused-ring (bicyclic) bond motifs is 1. The highest BCUT2D eigenvalue weighted by atomic mass is 16.5. The fourth-order valence-electron chi connectivity index (χ4n) is 2.79. The molecule has 0 spiro atoms. The molecule has 0 saturated carbocycles. The van der Waals surface area contributed by atoms with Gasteiger partial charge in [0, 0.05) is 23.3 Å². The van der Waals surface area contributed by atoms with Crippen LogP contribution in [0.2, 0.25) is 0 Å². The van der Waals surface area contributed by atoms with E-state index in [-0.39, 0.29) is 5.56 Å². The van der Waals surface area contributed by atoms with Gasteiger partial charge in [0.05, 0.1) is 6.61 Å². The maximum absolute atomic E-state index is 12.3. The molecule has 130 valence electrons. The molecule has 2 aromatic carbocycles. The second-order valence-electron chi connectivity index (χ2n) is 6.44. The van der Waals surface area contributed by atoms with Crippen molar-refractivity contribution in [2.45, 2.75) is 33.2 Å². The van der Waals surface area contributed by atoms with E-state index < -0.39 is 0 Å². The summed E-state index contributed by atoms with van der Waals surface area (Å²) in [4.78, 5) is 15.3. The van der Waals surface area contributed by atoms with E-state index >= 15 is 0 Å². The second-order valence-corrected chi connectivity index (χ2v) is 6.44. The molecule has 0 aliphatic rings. The highest BCUT2D eigenvalue weighted by Crippen LogP contribution is 2.20. The Hall–Kier alpha value is -2.75. The maximum Gasteiger partial charge on any atom is 0.253 e. The normalized spacial score (nSPS) is 11.0. The summed E-state index contributed by atoms with van der Waals surface area (Å²) in [6.07, 6.45) is 0. The zero-order valence-electron chi connectivity index (χ0n) is 14.9. The van der Waals surface area contributed by atoms with Gasteiger partial charge in [0.15, 0.2) is 0 Å². The molecule has 4 heteroatoms. The molecule has 25 heavy (non-hydrogen) atoms. The average Bonchev–Trinajstić information content (AvgIpc) is 2.61. The lowest BCUT2D eigenvalue weighted by Crippen LogP contribution is -2.15. The fraction of sp³-hybridized carbons (Fsp3) is 0.286. The summed E-state index contributed by atoms with van der Waals surface area (Å²) < 4.78 is 5.44. The molecule has 2 N–H and O–H groups in total. The summed E-state index contributed by atoms with van der Waals surface area (Å²) in [6.45, 7) is 7.42. The van der Waals surface area contributed by atoms with E-state index in [4.69, 9.17) is 4.74 Å². The van der Waals surface area contributed by atoms with Crippen LogP contribution in [0.25, 0.3) is 10.9 Å². The highest BCUT2D eigenvalue weighted by molar-refractivity contribution is 5.80. The number of ether oxygens (including phenoxy) is 1. The average molecular weight is 336 g/mol. The molecule has 0 unspecified atom stereocenters. The Morgan fingerprint density at radius 2 is 1.84 bits per heavy atom. The Bertz CT molecular complexity index is 911. The molecule has 4 nitrogen and oxygen atoms in total.